The second-order valence-electron chi connectivity index (χ2n) is 6.58. The maximum absolute atomic E-state index is 12.5. The van der Waals surface area contributed by atoms with Crippen LogP contribution in [0.5, 0.6) is 0 Å². The molecule has 23 heavy (non-hydrogen) atoms. The van der Waals surface area contributed by atoms with Crippen molar-refractivity contribution in [3.8, 4) is 0 Å². The molecular formula is C18H27N3O2. The van der Waals surface area contributed by atoms with E-state index in [9.17, 15) is 9.59 Å². The van der Waals surface area contributed by atoms with Crippen molar-refractivity contribution in [1.82, 2.24) is 15.1 Å². The molecule has 126 valence electrons. The second kappa shape index (κ2) is 7.59. The van der Waals surface area contributed by atoms with Crippen molar-refractivity contribution in [2.45, 2.75) is 45.8 Å². The summed E-state index contributed by atoms with van der Waals surface area (Å²) in [6, 6.07) is 8.04. The summed E-state index contributed by atoms with van der Waals surface area (Å²) in [7, 11) is 1.79. The number of hydrogen-bond acceptors (Lipinski definition) is 3. The number of benzene rings is 1. The molecule has 1 heterocycles. The van der Waals surface area contributed by atoms with Gasteiger partial charge in [-0.15, -0.1) is 0 Å². The van der Waals surface area contributed by atoms with Gasteiger partial charge in [-0.3, -0.25) is 14.5 Å². The minimum atomic E-state index is -0.364. The molecule has 1 saturated heterocycles. The average molecular weight is 317 g/mol. The normalized spacial score (nSPS) is 18.8. The second-order valence-corrected chi connectivity index (χ2v) is 6.58. The fourth-order valence-electron chi connectivity index (χ4n) is 2.94. The first-order valence-corrected chi connectivity index (χ1v) is 8.21. The van der Waals surface area contributed by atoms with Crippen LogP contribution in [-0.2, 0) is 16.1 Å². The van der Waals surface area contributed by atoms with Crippen LogP contribution in [0.25, 0.3) is 0 Å². The van der Waals surface area contributed by atoms with Crippen LogP contribution in [0.1, 0.15) is 31.4 Å². The highest BCUT2D eigenvalue weighted by Crippen LogP contribution is 2.15. The number of nitrogens with one attached hydrogen (secondary N) is 1. The van der Waals surface area contributed by atoms with Crippen molar-refractivity contribution in [3.63, 3.8) is 0 Å². The molecule has 1 aromatic rings. The van der Waals surface area contributed by atoms with Crippen LogP contribution in [0.3, 0.4) is 0 Å². The number of piperazine rings is 1. The zero-order valence-corrected chi connectivity index (χ0v) is 14.5. The Balaban J connectivity index is 1.98. The number of rotatable bonds is 5. The van der Waals surface area contributed by atoms with Crippen molar-refractivity contribution in [1.29, 1.82) is 0 Å². The maximum atomic E-state index is 12.5. The first kappa shape index (κ1) is 17.5. The lowest BCUT2D eigenvalue weighted by molar-refractivity contribution is -0.139. The van der Waals surface area contributed by atoms with E-state index in [1.807, 2.05) is 31.2 Å². The van der Waals surface area contributed by atoms with Gasteiger partial charge in [0.25, 0.3) is 0 Å². The Morgan fingerprint density at radius 2 is 2.00 bits per heavy atom. The van der Waals surface area contributed by atoms with Gasteiger partial charge in [0.1, 0.15) is 0 Å². The van der Waals surface area contributed by atoms with E-state index in [1.165, 1.54) is 5.56 Å². The van der Waals surface area contributed by atoms with Gasteiger partial charge in [0.15, 0.2) is 0 Å². The maximum Gasteiger partial charge on any atom is 0.237 e. The van der Waals surface area contributed by atoms with Crippen LogP contribution in [0.2, 0.25) is 0 Å². The van der Waals surface area contributed by atoms with Crippen LogP contribution in [0, 0.1) is 6.92 Å². The largest absolute Gasteiger partial charge is 0.353 e. The summed E-state index contributed by atoms with van der Waals surface area (Å²) in [5.74, 6) is -0.0414. The van der Waals surface area contributed by atoms with E-state index in [2.05, 4.69) is 24.1 Å². The predicted molar refractivity (Wildman–Crippen MR) is 90.9 cm³/mol. The molecule has 1 aliphatic rings. The van der Waals surface area contributed by atoms with Crippen molar-refractivity contribution < 1.29 is 9.59 Å². The molecule has 5 heteroatoms. The predicted octanol–water partition coefficient (Wildman–Crippen LogP) is 1.55. The quantitative estimate of drug-likeness (QED) is 0.896. The summed E-state index contributed by atoms with van der Waals surface area (Å²) < 4.78 is 0. The Morgan fingerprint density at radius 1 is 1.35 bits per heavy atom. The summed E-state index contributed by atoms with van der Waals surface area (Å²) >= 11 is 0. The third-order valence-electron chi connectivity index (χ3n) is 4.37. The van der Waals surface area contributed by atoms with E-state index >= 15 is 0 Å². The van der Waals surface area contributed by atoms with Gasteiger partial charge in [0.05, 0.1) is 12.5 Å². The third-order valence-corrected chi connectivity index (χ3v) is 4.37. The first-order chi connectivity index (χ1) is 10.9. The third kappa shape index (κ3) is 4.55. The zero-order chi connectivity index (χ0) is 17.0. The number of carbonyl (C=O) groups is 2. The van der Waals surface area contributed by atoms with Crippen molar-refractivity contribution in [3.05, 3.63) is 35.4 Å². The fraction of sp³-hybridized carbons (Fsp3) is 0.556. The monoisotopic (exact) mass is 317 g/mol. The Kier molecular flexibility index (Phi) is 5.77. The minimum Gasteiger partial charge on any atom is -0.353 e. The molecule has 0 aliphatic carbocycles. The lowest BCUT2D eigenvalue weighted by Crippen LogP contribution is -2.58. The van der Waals surface area contributed by atoms with Gasteiger partial charge in [-0.2, -0.15) is 0 Å². The molecule has 5 nitrogen and oxygen atoms in total. The van der Waals surface area contributed by atoms with E-state index in [4.69, 9.17) is 0 Å². The molecule has 1 fully saturated rings. The molecule has 0 bridgehead atoms. The highest BCUT2D eigenvalue weighted by atomic mass is 16.2. The smallest absolute Gasteiger partial charge is 0.237 e. The fourth-order valence-corrected chi connectivity index (χ4v) is 2.94. The molecule has 1 atom stereocenters. The molecule has 0 saturated carbocycles. The topological polar surface area (TPSA) is 52.7 Å². The summed E-state index contributed by atoms with van der Waals surface area (Å²) in [4.78, 5) is 28.5. The van der Waals surface area contributed by atoms with Crippen molar-refractivity contribution in [2.24, 2.45) is 0 Å². The summed E-state index contributed by atoms with van der Waals surface area (Å²) in [5, 5.41) is 2.87. The van der Waals surface area contributed by atoms with E-state index in [1.54, 1.807) is 11.9 Å². The molecular weight excluding hydrogens is 290 g/mol. The van der Waals surface area contributed by atoms with Crippen LogP contribution < -0.4 is 5.32 Å². The van der Waals surface area contributed by atoms with Crippen LogP contribution in [-0.4, -0.2) is 53.8 Å². The summed E-state index contributed by atoms with van der Waals surface area (Å²) in [6.07, 6.45) is 0.229. The van der Waals surface area contributed by atoms with Gasteiger partial charge in [0.2, 0.25) is 11.8 Å². The van der Waals surface area contributed by atoms with E-state index < -0.39 is 0 Å². The Bertz CT molecular complexity index is 554. The standard InChI is InChI=1S/C18H27N3O2/c1-13(2)21-10-9-19-18(23)16(21)11-17(22)20(4)12-15-7-5-14(3)6-8-15/h5-8,13,16H,9-12H2,1-4H3,(H,19,23)/t16-/m1/s1. The van der Waals surface area contributed by atoms with Crippen LogP contribution >= 0.6 is 0 Å². The average Bonchev–Trinajstić information content (AvgIpc) is 2.51. The molecule has 1 N–H and O–H groups in total. The molecule has 0 radical (unpaired) electrons. The van der Waals surface area contributed by atoms with Gasteiger partial charge < -0.3 is 10.2 Å². The van der Waals surface area contributed by atoms with Gasteiger partial charge >= 0.3 is 0 Å². The van der Waals surface area contributed by atoms with E-state index in [0.29, 0.717) is 13.1 Å². The van der Waals surface area contributed by atoms with E-state index in [-0.39, 0.29) is 30.3 Å². The molecule has 1 aromatic carbocycles. The van der Waals surface area contributed by atoms with Gasteiger partial charge in [-0.05, 0) is 26.3 Å². The lowest BCUT2D eigenvalue weighted by atomic mass is 10.1. The molecule has 0 aromatic heterocycles. The Labute approximate surface area is 138 Å². The van der Waals surface area contributed by atoms with Gasteiger partial charge in [0, 0.05) is 32.7 Å². The first-order valence-electron chi connectivity index (χ1n) is 8.21. The van der Waals surface area contributed by atoms with Gasteiger partial charge in [-0.25, -0.2) is 0 Å². The summed E-state index contributed by atoms with van der Waals surface area (Å²) in [5.41, 5.74) is 2.30. The van der Waals surface area contributed by atoms with Crippen LogP contribution in [0.15, 0.2) is 24.3 Å². The number of carbonyl (C=O) groups excluding carboxylic acids is 2. The lowest BCUT2D eigenvalue weighted by Gasteiger charge is -2.38. The highest BCUT2D eigenvalue weighted by molar-refractivity contribution is 5.88. The SMILES string of the molecule is Cc1ccc(CN(C)C(=O)C[C@@H]2C(=O)NCCN2C(C)C)cc1. The zero-order valence-electron chi connectivity index (χ0n) is 14.5. The minimum absolute atomic E-state index is 0.00160. The Hall–Kier alpha value is -1.88. The number of hydrogen-bond donors (Lipinski definition) is 1. The van der Waals surface area contributed by atoms with E-state index in [0.717, 1.165) is 12.1 Å². The van der Waals surface area contributed by atoms with Crippen LogP contribution in [0.4, 0.5) is 0 Å². The number of amides is 2. The highest BCUT2D eigenvalue weighted by Gasteiger charge is 2.33. The number of aryl methyl sites for hydroxylation is 1. The molecule has 2 rings (SSSR count). The molecule has 0 spiro atoms. The van der Waals surface area contributed by atoms with Crippen molar-refractivity contribution >= 4 is 11.8 Å². The van der Waals surface area contributed by atoms with Crippen molar-refractivity contribution in [2.75, 3.05) is 20.1 Å². The summed E-state index contributed by atoms with van der Waals surface area (Å²) in [6.45, 7) is 8.18. The Morgan fingerprint density at radius 3 is 2.61 bits per heavy atom. The van der Waals surface area contributed by atoms with Gasteiger partial charge in [-0.1, -0.05) is 29.8 Å². The molecule has 2 amide bonds. The molecule has 0 unspecified atom stereocenters. The molecule has 1 aliphatic heterocycles. The number of nitrogens with zero attached hydrogens (tertiary/aromatic N) is 2.